The highest BCUT2D eigenvalue weighted by atomic mass is 32.2. The molecule has 0 spiro atoms. The first-order chi connectivity index (χ1) is 10.7. The molecule has 5 nitrogen and oxygen atoms in total. The first kappa shape index (κ1) is 17.2. The zero-order valence-electron chi connectivity index (χ0n) is 13.3. The van der Waals surface area contributed by atoms with Crippen molar-refractivity contribution in [1.29, 1.82) is 0 Å². The van der Waals surface area contributed by atoms with E-state index in [2.05, 4.69) is 4.72 Å². The van der Waals surface area contributed by atoms with Crippen LogP contribution in [0.25, 0.3) is 0 Å². The van der Waals surface area contributed by atoms with Crippen molar-refractivity contribution in [3.63, 3.8) is 0 Å². The zero-order chi connectivity index (χ0) is 17.3. The van der Waals surface area contributed by atoms with Crippen molar-refractivity contribution >= 4 is 15.9 Å². The number of carbonyl (C=O) groups is 1. The van der Waals surface area contributed by atoms with E-state index in [9.17, 15) is 13.2 Å². The van der Waals surface area contributed by atoms with Gasteiger partial charge in [0.15, 0.2) is 0 Å². The van der Waals surface area contributed by atoms with Gasteiger partial charge in [0, 0.05) is 0 Å². The third-order valence-electron chi connectivity index (χ3n) is 3.97. The van der Waals surface area contributed by atoms with Crippen LogP contribution < -0.4 is 10.5 Å². The topological polar surface area (TPSA) is 89.3 Å². The highest BCUT2D eigenvalue weighted by Crippen LogP contribution is 2.24. The molecule has 23 heavy (non-hydrogen) atoms. The normalized spacial score (nSPS) is 14.2. The molecule has 0 fully saturated rings. The molecule has 0 aliphatic carbocycles. The zero-order valence-corrected chi connectivity index (χ0v) is 14.1. The predicted octanol–water partition coefficient (Wildman–Crippen LogP) is 1.98. The number of hydrogen-bond donors (Lipinski definition) is 2. The Hall–Kier alpha value is -2.18. The smallest absolute Gasteiger partial charge is 0.243 e. The van der Waals surface area contributed by atoms with Crippen LogP contribution >= 0.6 is 0 Å². The third-order valence-corrected chi connectivity index (χ3v) is 5.52. The molecule has 0 radical (unpaired) electrons. The van der Waals surface area contributed by atoms with Crippen LogP contribution in [-0.4, -0.2) is 14.3 Å². The van der Waals surface area contributed by atoms with Gasteiger partial charge in [-0.25, -0.2) is 8.42 Å². The first-order valence-corrected chi connectivity index (χ1v) is 8.62. The molecule has 2 aromatic carbocycles. The van der Waals surface area contributed by atoms with Crippen molar-refractivity contribution in [2.75, 3.05) is 0 Å². The Morgan fingerprint density at radius 1 is 1.04 bits per heavy atom. The Balaban J connectivity index is 2.47. The first-order valence-electron chi connectivity index (χ1n) is 7.13. The molecule has 0 heterocycles. The lowest BCUT2D eigenvalue weighted by atomic mass is 9.93. The van der Waals surface area contributed by atoms with Gasteiger partial charge in [0.05, 0.1) is 4.90 Å². The summed E-state index contributed by atoms with van der Waals surface area (Å²) in [6, 6.07) is 13.4. The molecule has 0 saturated heterocycles. The Bertz CT molecular complexity index is 832. The second-order valence-corrected chi connectivity index (χ2v) is 7.39. The van der Waals surface area contributed by atoms with E-state index in [4.69, 9.17) is 5.73 Å². The summed E-state index contributed by atoms with van der Waals surface area (Å²) in [4.78, 5) is 12.0. The predicted molar refractivity (Wildman–Crippen MR) is 89.2 cm³/mol. The highest BCUT2D eigenvalue weighted by Gasteiger charge is 2.38. The summed E-state index contributed by atoms with van der Waals surface area (Å²) in [6.45, 7) is 5.19. The lowest BCUT2D eigenvalue weighted by molar-refractivity contribution is -0.123. The van der Waals surface area contributed by atoms with E-state index in [-0.39, 0.29) is 4.90 Å². The number of aryl methyl sites for hydroxylation is 2. The van der Waals surface area contributed by atoms with Gasteiger partial charge in [-0.2, -0.15) is 4.72 Å². The Morgan fingerprint density at radius 2 is 1.65 bits per heavy atom. The fraction of sp³-hybridized carbons (Fsp3) is 0.235. The quantitative estimate of drug-likeness (QED) is 0.877. The van der Waals surface area contributed by atoms with E-state index in [1.807, 2.05) is 13.8 Å². The number of benzene rings is 2. The Kier molecular flexibility index (Phi) is 4.58. The van der Waals surface area contributed by atoms with Crippen LogP contribution in [0.4, 0.5) is 0 Å². The van der Waals surface area contributed by atoms with Crippen LogP contribution in [0.2, 0.25) is 0 Å². The molecule has 0 aliphatic rings. The van der Waals surface area contributed by atoms with E-state index in [0.29, 0.717) is 5.56 Å². The minimum atomic E-state index is -3.90. The fourth-order valence-electron chi connectivity index (χ4n) is 2.23. The average Bonchev–Trinajstić information content (AvgIpc) is 2.50. The number of primary amides is 1. The summed E-state index contributed by atoms with van der Waals surface area (Å²) in [5.74, 6) is -0.767. The van der Waals surface area contributed by atoms with Crippen molar-refractivity contribution in [3.05, 3.63) is 65.2 Å². The van der Waals surface area contributed by atoms with Crippen LogP contribution in [0.5, 0.6) is 0 Å². The fourth-order valence-corrected chi connectivity index (χ4v) is 3.68. The molecule has 1 amide bonds. The van der Waals surface area contributed by atoms with E-state index < -0.39 is 21.5 Å². The molecule has 0 bridgehead atoms. The number of carbonyl (C=O) groups excluding carboxylic acids is 1. The van der Waals surface area contributed by atoms with Gasteiger partial charge in [0.25, 0.3) is 0 Å². The van der Waals surface area contributed by atoms with Gasteiger partial charge < -0.3 is 5.73 Å². The summed E-state index contributed by atoms with van der Waals surface area (Å²) in [6.07, 6.45) is 0. The molecule has 122 valence electrons. The largest absolute Gasteiger partial charge is 0.368 e. The maximum absolute atomic E-state index is 12.7. The van der Waals surface area contributed by atoms with Crippen LogP contribution in [0.1, 0.15) is 23.6 Å². The molecule has 2 aromatic rings. The maximum Gasteiger partial charge on any atom is 0.243 e. The molecule has 3 N–H and O–H groups in total. The van der Waals surface area contributed by atoms with Gasteiger partial charge in [-0.1, -0.05) is 36.4 Å². The summed E-state index contributed by atoms with van der Waals surface area (Å²) >= 11 is 0. The lowest BCUT2D eigenvalue weighted by Gasteiger charge is -2.27. The highest BCUT2D eigenvalue weighted by molar-refractivity contribution is 7.89. The van der Waals surface area contributed by atoms with Crippen molar-refractivity contribution < 1.29 is 13.2 Å². The van der Waals surface area contributed by atoms with Crippen LogP contribution in [0.3, 0.4) is 0 Å². The Labute approximate surface area is 136 Å². The van der Waals surface area contributed by atoms with E-state index in [0.717, 1.165) is 11.1 Å². The number of amides is 1. The second-order valence-electron chi connectivity index (χ2n) is 5.71. The maximum atomic E-state index is 12.7. The van der Waals surface area contributed by atoms with Crippen molar-refractivity contribution in [1.82, 2.24) is 4.72 Å². The minimum Gasteiger partial charge on any atom is -0.368 e. The van der Waals surface area contributed by atoms with Gasteiger partial charge in [0.1, 0.15) is 5.54 Å². The SMILES string of the molecule is Cc1ccc(S(=O)(=O)N[C@@](C)(C(N)=O)c2ccccc2)cc1C. The third kappa shape index (κ3) is 3.43. The molecule has 0 aliphatic heterocycles. The molecule has 2 rings (SSSR count). The second kappa shape index (κ2) is 6.14. The van der Waals surface area contributed by atoms with Gasteiger partial charge in [0.2, 0.25) is 15.9 Å². The van der Waals surface area contributed by atoms with Crippen LogP contribution in [-0.2, 0) is 20.4 Å². The standard InChI is InChI=1S/C17H20N2O3S/c1-12-9-10-15(11-13(12)2)23(21,22)19-17(3,16(18)20)14-7-5-4-6-8-14/h4-11,19H,1-3H3,(H2,18,20)/t17-/m1/s1. The molecule has 1 atom stereocenters. The van der Waals surface area contributed by atoms with Crippen molar-refractivity contribution in [2.45, 2.75) is 31.2 Å². The molecule has 0 aromatic heterocycles. The van der Waals surface area contributed by atoms with Crippen LogP contribution in [0, 0.1) is 13.8 Å². The van der Waals surface area contributed by atoms with E-state index >= 15 is 0 Å². The summed E-state index contributed by atoms with van der Waals surface area (Å²) in [7, 11) is -3.90. The average molecular weight is 332 g/mol. The number of nitrogens with one attached hydrogen (secondary N) is 1. The van der Waals surface area contributed by atoms with E-state index in [1.54, 1.807) is 42.5 Å². The molecule has 0 unspecified atom stereocenters. The molecular weight excluding hydrogens is 312 g/mol. The van der Waals surface area contributed by atoms with Gasteiger partial charge in [-0.05, 0) is 49.6 Å². The summed E-state index contributed by atoms with van der Waals surface area (Å²) in [5, 5.41) is 0. The van der Waals surface area contributed by atoms with Crippen molar-refractivity contribution in [2.24, 2.45) is 5.73 Å². The van der Waals surface area contributed by atoms with Gasteiger partial charge in [-0.15, -0.1) is 0 Å². The molecule has 6 heteroatoms. The molecule has 0 saturated carbocycles. The van der Waals surface area contributed by atoms with E-state index in [1.165, 1.54) is 13.0 Å². The van der Waals surface area contributed by atoms with Gasteiger partial charge >= 0.3 is 0 Å². The van der Waals surface area contributed by atoms with Gasteiger partial charge in [-0.3, -0.25) is 4.79 Å². The number of rotatable bonds is 5. The monoisotopic (exact) mass is 332 g/mol. The molecular formula is C17H20N2O3S. The summed E-state index contributed by atoms with van der Waals surface area (Å²) in [5.41, 5.74) is 6.28. The Morgan fingerprint density at radius 3 is 2.17 bits per heavy atom. The number of nitrogens with two attached hydrogens (primary N) is 1. The lowest BCUT2D eigenvalue weighted by Crippen LogP contribution is -2.52. The van der Waals surface area contributed by atoms with Crippen LogP contribution in [0.15, 0.2) is 53.4 Å². The number of sulfonamides is 1. The van der Waals surface area contributed by atoms with Crippen molar-refractivity contribution in [3.8, 4) is 0 Å². The number of hydrogen-bond acceptors (Lipinski definition) is 3. The minimum absolute atomic E-state index is 0.101. The summed E-state index contributed by atoms with van der Waals surface area (Å²) < 4.78 is 27.8.